The summed E-state index contributed by atoms with van der Waals surface area (Å²) in [4.78, 5) is 0. The van der Waals surface area contributed by atoms with Crippen molar-refractivity contribution < 1.29 is 114 Å². The van der Waals surface area contributed by atoms with Crippen molar-refractivity contribution in [3.8, 4) is 35.7 Å². The Bertz CT molecular complexity index is 626. The van der Waals surface area contributed by atoms with Crippen molar-refractivity contribution in [1.29, 1.82) is 42.1 Å². The van der Waals surface area contributed by atoms with Crippen LogP contribution in [-0.4, -0.2) is 0 Å². The van der Waals surface area contributed by atoms with Crippen molar-refractivity contribution in [3.63, 3.8) is 0 Å². The third kappa shape index (κ3) is 1.44. The Kier molecular flexibility index (Phi) is 4.99. The normalized spacial score (nSPS) is 15.6. The Labute approximate surface area is 187 Å². The molecule has 0 aliphatic carbocycles. The zero-order valence-corrected chi connectivity index (χ0v) is 18.2. The van der Waals surface area contributed by atoms with Crippen LogP contribution in [0, 0.1) is 77.8 Å². The number of hydrogen-bond donors (Lipinski definition) is 0. The zero-order chi connectivity index (χ0) is 14.0. The minimum Gasteiger partial charge on any atom is 1.00 e. The molecule has 0 radical (unpaired) electrons. The molecule has 0 N–H and O–H groups in total. The summed E-state index contributed by atoms with van der Waals surface area (Å²) in [5, 5.41) is 72.4. The monoisotopic (exact) mass is 384 g/mol. The summed E-state index contributed by atoms with van der Waals surface area (Å²) >= 11 is -9.38. The molecule has 0 amide bonds. The molecule has 0 saturated heterocycles. The summed E-state index contributed by atoms with van der Waals surface area (Å²) in [5.41, 5.74) is 0. The molecule has 0 heterocycles. The molecular formula is C8K2MoN8. The van der Waals surface area contributed by atoms with E-state index in [1.54, 1.807) is 0 Å². The summed E-state index contributed by atoms with van der Waals surface area (Å²) in [6.07, 6.45) is 0. The number of hydrogen-bond acceptors (Lipinski definition) is 8. The Balaban J connectivity index is -0.00000128. The molecule has 0 saturated carbocycles. The molecule has 0 atom stereocenters. The van der Waals surface area contributed by atoms with Crippen molar-refractivity contribution in [2.75, 3.05) is 0 Å². The van der Waals surface area contributed by atoms with Gasteiger partial charge in [-0.25, -0.2) is 0 Å². The molecule has 0 bridgehead atoms. The van der Waals surface area contributed by atoms with Gasteiger partial charge in [0.15, 0.2) is 0 Å². The van der Waals surface area contributed by atoms with Crippen LogP contribution in [0.1, 0.15) is 0 Å². The fourth-order valence-corrected chi connectivity index (χ4v) is 3.38. The number of nitriles is 8. The first-order valence-corrected chi connectivity index (χ1v) is 11.4. The maximum Gasteiger partial charge on any atom is 1.00 e. The molecule has 80 valence electrons. The topological polar surface area (TPSA) is 190 Å². The van der Waals surface area contributed by atoms with Crippen LogP contribution in [0.25, 0.3) is 0 Å². The first-order valence-electron chi connectivity index (χ1n) is 3.42. The third-order valence-electron chi connectivity index (χ3n) is 2.56. The van der Waals surface area contributed by atoms with Crippen molar-refractivity contribution in [2.45, 2.75) is 0 Å². The van der Waals surface area contributed by atoms with Gasteiger partial charge in [-0.2, -0.15) is 0 Å². The SMILES string of the molecule is N#[C][Mo-2]([C]#N)([C]#N)([C]#N)([C]#N)([C]#N)([C]#N)[C]#N.[K+].[K+]. The first-order chi connectivity index (χ1) is 7.66. The van der Waals surface area contributed by atoms with Crippen LogP contribution >= 0.6 is 0 Å². The third-order valence-corrected chi connectivity index (χ3v) is 15.1. The summed E-state index contributed by atoms with van der Waals surface area (Å²) in [7, 11) is 0. The van der Waals surface area contributed by atoms with Gasteiger partial charge in [0.05, 0.1) is 0 Å². The molecule has 19 heavy (non-hydrogen) atoms. The van der Waals surface area contributed by atoms with Gasteiger partial charge in [-0.1, -0.05) is 0 Å². The molecular weight excluding hydrogens is 382 g/mol. The van der Waals surface area contributed by atoms with Crippen LogP contribution in [0.5, 0.6) is 0 Å². The van der Waals surface area contributed by atoms with E-state index in [4.69, 9.17) is 42.1 Å². The second-order valence-electron chi connectivity index (χ2n) is 3.59. The van der Waals surface area contributed by atoms with Crippen molar-refractivity contribution in [1.82, 2.24) is 0 Å². The maximum absolute atomic E-state index is 9.38. The average Bonchev–Trinajstić information content (AvgIpc) is 2.48. The molecule has 0 unspecified atom stereocenters. The van der Waals surface area contributed by atoms with Crippen LogP contribution in [0.3, 0.4) is 0 Å². The van der Waals surface area contributed by atoms with E-state index < -0.39 is 11.1 Å². The Morgan fingerprint density at radius 3 is 0.474 bits per heavy atom. The van der Waals surface area contributed by atoms with Gasteiger partial charge in [0, 0.05) is 0 Å². The second-order valence-corrected chi connectivity index (χ2v) is 21.2. The molecule has 0 rings (SSSR count). The van der Waals surface area contributed by atoms with Crippen LogP contribution in [-0.2, 0) is 11.1 Å². The van der Waals surface area contributed by atoms with Gasteiger partial charge in [0.1, 0.15) is 0 Å². The van der Waals surface area contributed by atoms with Crippen molar-refractivity contribution in [2.24, 2.45) is 0 Å². The van der Waals surface area contributed by atoms with Gasteiger partial charge < -0.3 is 0 Å². The predicted molar refractivity (Wildman–Crippen MR) is 44.9 cm³/mol. The smallest absolute Gasteiger partial charge is 1.00 e. The Hall–Kier alpha value is -0.119. The Morgan fingerprint density at radius 2 is 0.474 bits per heavy atom. The van der Waals surface area contributed by atoms with E-state index in [0.717, 1.165) is 0 Å². The van der Waals surface area contributed by atoms with E-state index in [2.05, 4.69) is 0 Å². The van der Waals surface area contributed by atoms with Gasteiger partial charge in [-0.15, -0.1) is 0 Å². The minimum atomic E-state index is -9.38. The molecule has 11 heteroatoms. The summed E-state index contributed by atoms with van der Waals surface area (Å²) in [6.45, 7) is 0. The van der Waals surface area contributed by atoms with Crippen molar-refractivity contribution >= 4 is 0 Å². The fourth-order valence-electron chi connectivity index (χ4n) is 0.572. The second kappa shape index (κ2) is 3.96. The van der Waals surface area contributed by atoms with E-state index in [1.165, 1.54) is 0 Å². The molecule has 0 aromatic heterocycles. The van der Waals surface area contributed by atoms with E-state index in [0.29, 0.717) is 35.7 Å². The first kappa shape index (κ1) is 23.9. The van der Waals surface area contributed by atoms with E-state index in [1.807, 2.05) is 0 Å². The van der Waals surface area contributed by atoms with Gasteiger partial charge in [0.25, 0.3) is 0 Å². The Morgan fingerprint density at radius 1 is 0.368 bits per heavy atom. The quantitative estimate of drug-likeness (QED) is 0.370. The van der Waals surface area contributed by atoms with Crippen LogP contribution in [0.4, 0.5) is 0 Å². The summed E-state index contributed by atoms with van der Waals surface area (Å²) < 4.78 is 5.26. The minimum absolute atomic E-state index is 0. The van der Waals surface area contributed by atoms with Gasteiger partial charge in [0.2, 0.25) is 0 Å². The summed E-state index contributed by atoms with van der Waals surface area (Å²) in [5.74, 6) is 0. The van der Waals surface area contributed by atoms with Crippen molar-refractivity contribution in [3.05, 3.63) is 0 Å². The predicted octanol–water partition coefficient (Wildman–Crippen LogP) is -5.86. The van der Waals surface area contributed by atoms with Gasteiger partial charge >= 0.3 is 192 Å². The average molecular weight is 382 g/mol. The largest absolute Gasteiger partial charge is 1.00 e. The zero-order valence-electron chi connectivity index (χ0n) is 9.99. The standard InChI is InChI=1S/8CN.2K.Mo/c8*1-2;;;/q;;;;;;;;2*+1;-2. The molecule has 0 fully saturated rings. The van der Waals surface area contributed by atoms with Gasteiger partial charge in [-0.3, -0.25) is 0 Å². The summed E-state index contributed by atoms with van der Waals surface area (Å²) in [6, 6.07) is 0. The molecule has 0 aliphatic heterocycles. The molecule has 0 aliphatic rings. The van der Waals surface area contributed by atoms with Crippen LogP contribution in [0.15, 0.2) is 0 Å². The van der Waals surface area contributed by atoms with E-state index in [9.17, 15) is 0 Å². The van der Waals surface area contributed by atoms with Gasteiger partial charge in [-0.05, 0) is 0 Å². The molecule has 0 aromatic carbocycles. The van der Waals surface area contributed by atoms with Crippen LogP contribution < -0.4 is 103 Å². The van der Waals surface area contributed by atoms with E-state index >= 15 is 0 Å². The molecule has 8 nitrogen and oxygen atoms in total. The van der Waals surface area contributed by atoms with Crippen LogP contribution in [0.2, 0.25) is 0 Å². The van der Waals surface area contributed by atoms with E-state index in [-0.39, 0.29) is 103 Å². The maximum atomic E-state index is 9.05. The molecule has 0 spiro atoms. The fraction of sp³-hybridized carbons (Fsp3) is 0. The number of nitrogens with zero attached hydrogens (tertiary/aromatic N) is 8. The number of rotatable bonds is 0. The molecule has 0 aromatic rings.